The van der Waals surface area contributed by atoms with Gasteiger partial charge in [0.2, 0.25) is 0 Å². The highest BCUT2D eigenvalue weighted by atomic mass is 32.2. The van der Waals surface area contributed by atoms with Crippen molar-refractivity contribution in [3.05, 3.63) is 106 Å². The maximum atomic E-state index is 13.3. The van der Waals surface area contributed by atoms with E-state index in [1.54, 1.807) is 74.1 Å². The number of aryl methyl sites for hydroxylation is 1. The summed E-state index contributed by atoms with van der Waals surface area (Å²) in [5, 5.41) is 2.69. The average molecular weight is 491 g/mol. The molecule has 180 valence electrons. The van der Waals surface area contributed by atoms with Gasteiger partial charge in [0, 0.05) is 19.7 Å². The van der Waals surface area contributed by atoms with Crippen LogP contribution in [0.3, 0.4) is 0 Å². The molecular formula is C26H26N4O4S. The van der Waals surface area contributed by atoms with Crippen LogP contribution in [0.5, 0.6) is 0 Å². The minimum absolute atomic E-state index is 0.0134. The molecule has 1 amide bonds. The van der Waals surface area contributed by atoms with E-state index in [1.807, 2.05) is 18.2 Å². The third-order valence-electron chi connectivity index (χ3n) is 5.88. The summed E-state index contributed by atoms with van der Waals surface area (Å²) in [6, 6.07) is 22.2. The fraction of sp³-hybridized carbons (Fsp3) is 0.154. The summed E-state index contributed by atoms with van der Waals surface area (Å²) < 4.78 is 30.8. The van der Waals surface area contributed by atoms with E-state index in [-0.39, 0.29) is 21.7 Å². The Kier molecular flexibility index (Phi) is 6.36. The van der Waals surface area contributed by atoms with Crippen molar-refractivity contribution in [2.24, 2.45) is 7.05 Å². The van der Waals surface area contributed by atoms with Gasteiger partial charge in [0.05, 0.1) is 22.0 Å². The van der Waals surface area contributed by atoms with Crippen LogP contribution in [0.4, 0.5) is 11.4 Å². The molecule has 0 atom stereocenters. The molecule has 0 aliphatic rings. The molecule has 0 spiro atoms. The number of nitrogens with one attached hydrogen (secondary N) is 1. The van der Waals surface area contributed by atoms with Crippen molar-refractivity contribution in [3.8, 4) is 5.69 Å². The Morgan fingerprint density at radius 3 is 2.14 bits per heavy atom. The first-order valence-electron chi connectivity index (χ1n) is 10.9. The number of anilines is 2. The van der Waals surface area contributed by atoms with Crippen LogP contribution in [-0.4, -0.2) is 30.7 Å². The lowest BCUT2D eigenvalue weighted by atomic mass is 10.1. The standard InChI is InChI=1S/C26H26N4O4S/c1-18-15-20(17-23(16-18)35(33,34)29(4)21-11-7-5-8-12-21)25(31)27-24-19(2)28(3)30(26(24)32)22-13-9-6-10-14-22/h5-17H,1-4H3,(H,27,31). The number of amides is 1. The molecule has 1 aromatic heterocycles. The van der Waals surface area contributed by atoms with Crippen LogP contribution in [0.1, 0.15) is 21.6 Å². The van der Waals surface area contributed by atoms with Crippen LogP contribution < -0.4 is 15.2 Å². The molecule has 3 aromatic carbocycles. The molecule has 9 heteroatoms. The van der Waals surface area contributed by atoms with Gasteiger partial charge in [-0.1, -0.05) is 36.4 Å². The molecule has 1 N–H and O–H groups in total. The summed E-state index contributed by atoms with van der Waals surface area (Å²) in [4.78, 5) is 26.3. The van der Waals surface area contributed by atoms with Gasteiger partial charge in [0.1, 0.15) is 5.69 Å². The number of hydrogen-bond acceptors (Lipinski definition) is 4. The van der Waals surface area contributed by atoms with Crippen molar-refractivity contribution in [2.75, 3.05) is 16.7 Å². The van der Waals surface area contributed by atoms with E-state index in [0.29, 0.717) is 22.6 Å². The average Bonchev–Trinajstić information content (AvgIpc) is 3.07. The van der Waals surface area contributed by atoms with Gasteiger partial charge in [-0.3, -0.25) is 18.6 Å². The predicted molar refractivity (Wildman–Crippen MR) is 137 cm³/mol. The van der Waals surface area contributed by atoms with E-state index in [4.69, 9.17) is 0 Å². The first-order chi connectivity index (χ1) is 16.6. The third kappa shape index (κ3) is 4.50. The summed E-state index contributed by atoms with van der Waals surface area (Å²) in [6.07, 6.45) is 0. The number of carbonyl (C=O) groups excluding carboxylic acids is 1. The van der Waals surface area contributed by atoms with Gasteiger partial charge in [-0.25, -0.2) is 13.1 Å². The largest absolute Gasteiger partial charge is 0.316 e. The van der Waals surface area contributed by atoms with Gasteiger partial charge in [-0.05, 0) is 61.9 Å². The zero-order valence-electron chi connectivity index (χ0n) is 19.9. The van der Waals surface area contributed by atoms with Crippen molar-refractivity contribution in [1.29, 1.82) is 0 Å². The Bertz CT molecular complexity index is 1560. The lowest BCUT2D eigenvalue weighted by Gasteiger charge is -2.20. The highest BCUT2D eigenvalue weighted by molar-refractivity contribution is 7.92. The summed E-state index contributed by atoms with van der Waals surface area (Å²) >= 11 is 0. The highest BCUT2D eigenvalue weighted by Gasteiger charge is 2.24. The molecule has 1 heterocycles. The Balaban J connectivity index is 1.69. The number of rotatable bonds is 6. The van der Waals surface area contributed by atoms with Crippen LogP contribution in [0.2, 0.25) is 0 Å². The minimum atomic E-state index is -3.91. The van der Waals surface area contributed by atoms with E-state index >= 15 is 0 Å². The zero-order chi connectivity index (χ0) is 25.3. The molecule has 0 saturated heterocycles. The smallest absolute Gasteiger partial charge is 0.295 e. The van der Waals surface area contributed by atoms with Crippen molar-refractivity contribution >= 4 is 27.3 Å². The fourth-order valence-corrected chi connectivity index (χ4v) is 5.19. The number of carbonyl (C=O) groups is 1. The lowest BCUT2D eigenvalue weighted by Crippen LogP contribution is -2.27. The van der Waals surface area contributed by atoms with Gasteiger partial charge >= 0.3 is 0 Å². The third-order valence-corrected chi connectivity index (χ3v) is 7.65. The molecule has 4 aromatic rings. The Morgan fingerprint density at radius 1 is 0.914 bits per heavy atom. The number of para-hydroxylation sites is 2. The van der Waals surface area contributed by atoms with Crippen molar-refractivity contribution in [2.45, 2.75) is 18.7 Å². The highest BCUT2D eigenvalue weighted by Crippen LogP contribution is 2.24. The molecule has 0 radical (unpaired) electrons. The molecule has 0 fully saturated rings. The fourth-order valence-electron chi connectivity index (χ4n) is 3.86. The lowest BCUT2D eigenvalue weighted by molar-refractivity contribution is 0.102. The first kappa shape index (κ1) is 24.0. The SMILES string of the molecule is Cc1cc(C(=O)Nc2c(C)n(C)n(-c3ccccc3)c2=O)cc(S(=O)(=O)N(C)c2ccccc2)c1. The molecule has 0 aliphatic heterocycles. The van der Waals surface area contributed by atoms with Crippen LogP contribution in [0.15, 0.2) is 88.6 Å². The Hall–Kier alpha value is -4.11. The first-order valence-corrected chi connectivity index (χ1v) is 12.4. The normalized spacial score (nSPS) is 11.3. The van der Waals surface area contributed by atoms with Crippen molar-refractivity contribution in [1.82, 2.24) is 9.36 Å². The minimum Gasteiger partial charge on any atom is -0.316 e. The van der Waals surface area contributed by atoms with Crippen LogP contribution in [0.25, 0.3) is 5.69 Å². The van der Waals surface area contributed by atoms with Gasteiger partial charge in [0.25, 0.3) is 21.5 Å². The topological polar surface area (TPSA) is 93.4 Å². The Labute approximate surface area is 204 Å². The second-order valence-corrected chi connectivity index (χ2v) is 10.2. The molecule has 8 nitrogen and oxygen atoms in total. The number of hydrogen-bond donors (Lipinski definition) is 1. The second kappa shape index (κ2) is 9.27. The van der Waals surface area contributed by atoms with E-state index in [2.05, 4.69) is 5.32 Å². The molecule has 0 bridgehead atoms. The molecular weight excluding hydrogens is 464 g/mol. The monoisotopic (exact) mass is 490 g/mol. The quantitative estimate of drug-likeness (QED) is 0.444. The van der Waals surface area contributed by atoms with Gasteiger partial charge in [-0.15, -0.1) is 0 Å². The van der Waals surface area contributed by atoms with Crippen LogP contribution in [0, 0.1) is 13.8 Å². The summed E-state index contributed by atoms with van der Waals surface area (Å²) in [7, 11) is -0.718. The Morgan fingerprint density at radius 2 is 1.51 bits per heavy atom. The van der Waals surface area contributed by atoms with E-state index in [1.165, 1.54) is 28.2 Å². The molecule has 0 aliphatic carbocycles. The summed E-state index contributed by atoms with van der Waals surface area (Å²) in [5.74, 6) is -0.571. The van der Waals surface area contributed by atoms with Gasteiger partial charge < -0.3 is 5.32 Å². The number of sulfonamides is 1. The molecule has 35 heavy (non-hydrogen) atoms. The zero-order valence-corrected chi connectivity index (χ0v) is 20.7. The molecule has 0 saturated carbocycles. The summed E-state index contributed by atoms with van der Waals surface area (Å²) in [5.41, 5.74) is 2.22. The van der Waals surface area contributed by atoms with Gasteiger partial charge in [0.15, 0.2) is 0 Å². The van der Waals surface area contributed by atoms with Crippen molar-refractivity contribution in [3.63, 3.8) is 0 Å². The number of benzene rings is 3. The summed E-state index contributed by atoms with van der Waals surface area (Å²) in [6.45, 7) is 3.45. The second-order valence-electron chi connectivity index (χ2n) is 8.23. The molecule has 4 rings (SSSR count). The molecule has 0 unspecified atom stereocenters. The van der Waals surface area contributed by atoms with Crippen molar-refractivity contribution < 1.29 is 13.2 Å². The van der Waals surface area contributed by atoms with E-state index in [0.717, 1.165) is 0 Å². The van der Waals surface area contributed by atoms with Crippen LogP contribution in [-0.2, 0) is 17.1 Å². The maximum absolute atomic E-state index is 13.3. The van der Waals surface area contributed by atoms with E-state index < -0.39 is 15.9 Å². The maximum Gasteiger partial charge on any atom is 0.295 e. The number of nitrogens with zero attached hydrogens (tertiary/aromatic N) is 3. The predicted octanol–water partition coefficient (Wildman–Crippen LogP) is 3.87. The number of aromatic nitrogens is 2. The van der Waals surface area contributed by atoms with E-state index in [9.17, 15) is 18.0 Å². The van der Waals surface area contributed by atoms with Crippen LogP contribution >= 0.6 is 0 Å². The van der Waals surface area contributed by atoms with Gasteiger partial charge in [-0.2, -0.15) is 0 Å².